The zero-order chi connectivity index (χ0) is 19.7. The van der Waals surface area contributed by atoms with Crippen molar-refractivity contribution in [3.63, 3.8) is 0 Å². The SMILES string of the molecule is CC(C)(C)N([O])c1ccc(-c2cc(C3=NCCO3)nc(C3=NCCO3)c2)cc1. The highest BCUT2D eigenvalue weighted by molar-refractivity contribution is 5.99. The topological polar surface area (TPSA) is 79.2 Å². The molecular formula is C21H23N4O3. The lowest BCUT2D eigenvalue weighted by molar-refractivity contribution is 0.102. The summed E-state index contributed by atoms with van der Waals surface area (Å²) in [5, 5.41) is 13.4. The number of ether oxygens (including phenoxy) is 2. The van der Waals surface area contributed by atoms with Crippen LogP contribution in [0.1, 0.15) is 32.2 Å². The lowest BCUT2D eigenvalue weighted by Crippen LogP contribution is -2.37. The molecule has 0 amide bonds. The first-order chi connectivity index (χ1) is 13.4. The summed E-state index contributed by atoms with van der Waals surface area (Å²) in [5.41, 5.74) is 3.36. The molecule has 2 aromatic rings. The second-order valence-corrected chi connectivity index (χ2v) is 7.71. The van der Waals surface area contributed by atoms with Gasteiger partial charge in [-0.1, -0.05) is 17.3 Å². The van der Waals surface area contributed by atoms with Gasteiger partial charge in [0.1, 0.15) is 24.6 Å². The van der Waals surface area contributed by atoms with Gasteiger partial charge in [-0.3, -0.25) is 0 Å². The van der Waals surface area contributed by atoms with Crippen molar-refractivity contribution in [3.05, 3.63) is 47.8 Å². The Morgan fingerprint density at radius 3 is 1.82 bits per heavy atom. The Morgan fingerprint density at radius 1 is 0.857 bits per heavy atom. The summed E-state index contributed by atoms with van der Waals surface area (Å²) in [6.45, 7) is 8.06. The smallest absolute Gasteiger partial charge is 0.235 e. The van der Waals surface area contributed by atoms with Gasteiger partial charge in [-0.15, -0.1) is 0 Å². The van der Waals surface area contributed by atoms with Gasteiger partial charge < -0.3 is 9.47 Å². The zero-order valence-corrected chi connectivity index (χ0v) is 16.3. The van der Waals surface area contributed by atoms with Gasteiger partial charge in [0, 0.05) is 0 Å². The highest BCUT2D eigenvalue weighted by Gasteiger charge is 2.22. The van der Waals surface area contributed by atoms with Crippen LogP contribution in [0.5, 0.6) is 0 Å². The average molecular weight is 379 g/mol. The van der Waals surface area contributed by atoms with Gasteiger partial charge in [0.2, 0.25) is 11.8 Å². The zero-order valence-electron chi connectivity index (χ0n) is 16.3. The van der Waals surface area contributed by atoms with Crippen LogP contribution in [0.2, 0.25) is 0 Å². The van der Waals surface area contributed by atoms with E-state index in [9.17, 15) is 5.21 Å². The molecule has 28 heavy (non-hydrogen) atoms. The molecular weight excluding hydrogens is 356 g/mol. The predicted octanol–water partition coefficient (Wildman–Crippen LogP) is 3.25. The minimum Gasteiger partial charge on any atom is -0.474 e. The van der Waals surface area contributed by atoms with Crippen LogP contribution in [0.3, 0.4) is 0 Å². The summed E-state index contributed by atoms with van der Waals surface area (Å²) in [6, 6.07) is 11.4. The Bertz CT molecular complexity index is 887. The summed E-state index contributed by atoms with van der Waals surface area (Å²) >= 11 is 0. The molecule has 145 valence electrons. The molecule has 1 aromatic carbocycles. The number of anilines is 1. The Morgan fingerprint density at radius 2 is 1.39 bits per heavy atom. The van der Waals surface area contributed by atoms with Gasteiger partial charge in [0.15, 0.2) is 0 Å². The van der Waals surface area contributed by atoms with Crippen molar-refractivity contribution < 1.29 is 14.7 Å². The Labute approximate surface area is 164 Å². The van der Waals surface area contributed by atoms with Crippen LogP contribution in [0.4, 0.5) is 5.69 Å². The largest absolute Gasteiger partial charge is 0.474 e. The van der Waals surface area contributed by atoms with E-state index >= 15 is 0 Å². The second-order valence-electron chi connectivity index (χ2n) is 7.71. The van der Waals surface area contributed by atoms with Gasteiger partial charge >= 0.3 is 0 Å². The van der Waals surface area contributed by atoms with Crippen molar-refractivity contribution in [2.24, 2.45) is 9.98 Å². The summed E-state index contributed by atoms with van der Waals surface area (Å²) in [7, 11) is 0. The van der Waals surface area contributed by atoms with E-state index in [4.69, 9.17) is 9.47 Å². The van der Waals surface area contributed by atoms with E-state index in [1.165, 1.54) is 0 Å². The standard InChI is InChI=1S/C21H23N4O3/c1-21(2,3)25(26)16-6-4-14(5-7-16)15-12-17(19-22-8-10-27-19)24-18(13-15)20-23-9-11-28-20/h4-7,12-13H,8-11H2,1-3H3. The third-order valence-electron chi connectivity index (χ3n) is 4.48. The highest BCUT2D eigenvalue weighted by atomic mass is 16.5. The normalized spacial score (nSPS) is 16.3. The van der Waals surface area contributed by atoms with Crippen LogP contribution in [0, 0.1) is 0 Å². The molecule has 0 N–H and O–H groups in total. The van der Waals surface area contributed by atoms with Crippen LogP contribution in [-0.4, -0.2) is 48.6 Å². The van der Waals surface area contributed by atoms with Gasteiger partial charge in [-0.25, -0.2) is 20.0 Å². The molecule has 2 aliphatic heterocycles. The van der Waals surface area contributed by atoms with Crippen LogP contribution in [0.15, 0.2) is 46.4 Å². The summed E-state index contributed by atoms with van der Waals surface area (Å²) in [4.78, 5) is 13.4. The van der Waals surface area contributed by atoms with E-state index in [1.807, 2.05) is 57.2 Å². The fourth-order valence-electron chi connectivity index (χ4n) is 3.07. The minimum absolute atomic E-state index is 0.492. The van der Waals surface area contributed by atoms with Crippen molar-refractivity contribution in [2.75, 3.05) is 31.4 Å². The third-order valence-corrected chi connectivity index (χ3v) is 4.48. The fourth-order valence-corrected chi connectivity index (χ4v) is 3.07. The Hall–Kier alpha value is -2.93. The molecule has 0 saturated heterocycles. The molecule has 3 heterocycles. The van der Waals surface area contributed by atoms with E-state index in [2.05, 4.69) is 15.0 Å². The van der Waals surface area contributed by atoms with E-state index in [1.54, 1.807) is 0 Å². The lowest BCUT2D eigenvalue weighted by Gasteiger charge is -2.28. The minimum atomic E-state index is -0.492. The number of pyridine rings is 1. The van der Waals surface area contributed by atoms with Gasteiger partial charge in [-0.2, -0.15) is 0 Å². The number of nitrogens with zero attached hydrogens (tertiary/aromatic N) is 4. The Balaban J connectivity index is 1.72. The molecule has 0 atom stereocenters. The maximum absolute atomic E-state index is 12.4. The molecule has 7 nitrogen and oxygen atoms in total. The molecule has 0 bridgehead atoms. The molecule has 7 heteroatoms. The number of hydroxylamine groups is 1. The molecule has 0 unspecified atom stereocenters. The monoisotopic (exact) mass is 379 g/mol. The van der Waals surface area contributed by atoms with Crippen molar-refractivity contribution in [1.29, 1.82) is 0 Å². The van der Waals surface area contributed by atoms with Crippen LogP contribution in [0.25, 0.3) is 11.1 Å². The number of aromatic nitrogens is 1. The average Bonchev–Trinajstić information content (AvgIpc) is 3.40. The summed E-state index contributed by atoms with van der Waals surface area (Å²) in [5.74, 6) is 1.08. The molecule has 1 aromatic heterocycles. The first-order valence-corrected chi connectivity index (χ1v) is 9.37. The van der Waals surface area contributed by atoms with Crippen LogP contribution >= 0.6 is 0 Å². The van der Waals surface area contributed by atoms with Crippen molar-refractivity contribution in [2.45, 2.75) is 26.3 Å². The lowest BCUT2D eigenvalue weighted by atomic mass is 10.0. The summed E-state index contributed by atoms with van der Waals surface area (Å²) < 4.78 is 11.2. The maximum atomic E-state index is 12.4. The summed E-state index contributed by atoms with van der Waals surface area (Å²) in [6.07, 6.45) is 0. The van der Waals surface area contributed by atoms with Gasteiger partial charge in [0.05, 0.1) is 24.3 Å². The predicted molar refractivity (Wildman–Crippen MR) is 107 cm³/mol. The quantitative estimate of drug-likeness (QED) is 0.764. The Kier molecular flexibility index (Phi) is 4.77. The molecule has 0 aliphatic carbocycles. The number of hydrogen-bond acceptors (Lipinski definition) is 6. The number of hydrogen-bond donors (Lipinski definition) is 0. The van der Waals surface area contributed by atoms with Crippen molar-refractivity contribution in [3.8, 4) is 11.1 Å². The third kappa shape index (κ3) is 3.71. The fraction of sp³-hybridized carbons (Fsp3) is 0.381. The van der Waals surface area contributed by atoms with Crippen molar-refractivity contribution in [1.82, 2.24) is 4.98 Å². The second kappa shape index (κ2) is 7.24. The van der Waals surface area contributed by atoms with E-state index < -0.39 is 5.54 Å². The molecule has 1 radical (unpaired) electrons. The first-order valence-electron chi connectivity index (χ1n) is 9.37. The maximum Gasteiger partial charge on any atom is 0.235 e. The van der Waals surface area contributed by atoms with Crippen molar-refractivity contribution >= 4 is 17.5 Å². The van der Waals surface area contributed by atoms with E-state index in [0.717, 1.165) is 16.2 Å². The molecule has 0 spiro atoms. The number of rotatable bonds is 4. The first kappa shape index (κ1) is 18.4. The number of benzene rings is 1. The molecule has 0 saturated carbocycles. The van der Waals surface area contributed by atoms with E-state index in [-0.39, 0.29) is 0 Å². The van der Waals surface area contributed by atoms with Crippen LogP contribution < -0.4 is 5.06 Å². The molecule has 4 rings (SSSR count). The van der Waals surface area contributed by atoms with Crippen LogP contribution in [-0.2, 0) is 14.7 Å². The number of aliphatic imine (C=N–C) groups is 2. The highest BCUT2D eigenvalue weighted by Crippen LogP contribution is 2.28. The van der Waals surface area contributed by atoms with Gasteiger partial charge in [0.25, 0.3) is 0 Å². The van der Waals surface area contributed by atoms with E-state index in [0.29, 0.717) is 55.2 Å². The molecule has 0 fully saturated rings. The van der Waals surface area contributed by atoms with Gasteiger partial charge in [-0.05, 0) is 56.2 Å². The molecule has 2 aliphatic rings.